The van der Waals surface area contributed by atoms with Gasteiger partial charge in [0, 0.05) is 10.2 Å². The van der Waals surface area contributed by atoms with E-state index in [9.17, 15) is 4.79 Å². The largest absolute Gasteiger partial charge is 0.299 e. The molecule has 0 aliphatic rings. The summed E-state index contributed by atoms with van der Waals surface area (Å²) < 4.78 is 2.62. The molecule has 9 heteroatoms. The molecule has 0 spiro atoms. The minimum Gasteiger partial charge on any atom is -0.299 e. The fourth-order valence-corrected chi connectivity index (χ4v) is 5.27. The highest BCUT2D eigenvalue weighted by Crippen LogP contribution is 2.30. The molecule has 3 rings (SSSR count). The minimum absolute atomic E-state index is 0.158. The highest BCUT2D eigenvalue weighted by atomic mass is 79.9. The van der Waals surface area contributed by atoms with Crippen LogP contribution >= 0.6 is 50.8 Å². The van der Waals surface area contributed by atoms with Gasteiger partial charge in [-0.3, -0.25) is 15.6 Å². The molecule has 0 bridgehead atoms. The molecule has 0 radical (unpaired) electrons. The number of amides is 1. The molecule has 144 valence electrons. The van der Waals surface area contributed by atoms with Crippen molar-refractivity contribution in [2.75, 3.05) is 5.75 Å². The van der Waals surface area contributed by atoms with Gasteiger partial charge >= 0.3 is 0 Å². The highest BCUT2D eigenvalue weighted by molar-refractivity contribution is 9.10. The SMILES string of the molecule is C=C(NNC(=O)CSc1nnc(SCc2ccccc2)s1)c1cccc(Br)c1. The number of hydrogen-bond acceptors (Lipinski definition) is 7. The minimum atomic E-state index is -0.158. The number of thioether (sulfide) groups is 2. The van der Waals surface area contributed by atoms with Gasteiger partial charge in [0.2, 0.25) is 5.91 Å². The molecule has 0 atom stereocenters. The number of carbonyl (C=O) groups is 1. The lowest BCUT2D eigenvalue weighted by molar-refractivity contribution is -0.119. The monoisotopic (exact) mass is 492 g/mol. The van der Waals surface area contributed by atoms with E-state index in [1.54, 1.807) is 11.8 Å². The van der Waals surface area contributed by atoms with E-state index in [0.717, 1.165) is 24.5 Å². The van der Waals surface area contributed by atoms with Crippen molar-refractivity contribution in [2.24, 2.45) is 0 Å². The van der Waals surface area contributed by atoms with Crippen molar-refractivity contribution in [3.8, 4) is 0 Å². The van der Waals surface area contributed by atoms with Crippen LogP contribution in [0.3, 0.4) is 0 Å². The predicted molar refractivity (Wildman–Crippen MR) is 121 cm³/mol. The summed E-state index contributed by atoms with van der Waals surface area (Å²) in [6, 6.07) is 17.9. The quantitative estimate of drug-likeness (QED) is 0.324. The van der Waals surface area contributed by atoms with Crippen LogP contribution in [-0.2, 0) is 10.5 Å². The maximum Gasteiger partial charge on any atom is 0.248 e. The van der Waals surface area contributed by atoms with Crippen molar-refractivity contribution in [3.63, 3.8) is 0 Å². The van der Waals surface area contributed by atoms with Crippen molar-refractivity contribution in [1.29, 1.82) is 0 Å². The van der Waals surface area contributed by atoms with E-state index >= 15 is 0 Å². The first-order chi connectivity index (χ1) is 13.6. The van der Waals surface area contributed by atoms with Crippen LogP contribution in [0.15, 0.2) is 74.3 Å². The molecule has 1 aromatic heterocycles. The maximum atomic E-state index is 12.0. The summed E-state index contributed by atoms with van der Waals surface area (Å²) in [6.07, 6.45) is 0. The van der Waals surface area contributed by atoms with E-state index in [2.05, 4.69) is 55.7 Å². The number of hydrazine groups is 1. The average Bonchev–Trinajstić information content (AvgIpc) is 3.17. The average molecular weight is 493 g/mol. The van der Waals surface area contributed by atoms with Crippen LogP contribution in [0.2, 0.25) is 0 Å². The molecule has 0 aliphatic carbocycles. The third-order valence-corrected chi connectivity index (χ3v) is 7.20. The van der Waals surface area contributed by atoms with E-state index in [1.165, 1.54) is 28.7 Å². The van der Waals surface area contributed by atoms with Gasteiger partial charge in [0.1, 0.15) is 0 Å². The molecule has 1 amide bonds. The van der Waals surface area contributed by atoms with E-state index in [4.69, 9.17) is 0 Å². The number of carbonyl (C=O) groups excluding carboxylic acids is 1. The van der Waals surface area contributed by atoms with Crippen molar-refractivity contribution in [2.45, 2.75) is 14.4 Å². The lowest BCUT2D eigenvalue weighted by atomic mass is 10.2. The molecule has 0 aliphatic heterocycles. The topological polar surface area (TPSA) is 66.9 Å². The Labute approximate surface area is 184 Å². The van der Waals surface area contributed by atoms with Gasteiger partial charge in [0.25, 0.3) is 0 Å². The Balaban J connectivity index is 1.40. The van der Waals surface area contributed by atoms with Gasteiger partial charge in [0.15, 0.2) is 8.68 Å². The summed E-state index contributed by atoms with van der Waals surface area (Å²) in [7, 11) is 0. The Morgan fingerprint density at radius 2 is 1.79 bits per heavy atom. The molecular weight excluding hydrogens is 476 g/mol. The fourth-order valence-electron chi connectivity index (χ4n) is 2.09. The number of benzene rings is 2. The van der Waals surface area contributed by atoms with Gasteiger partial charge in [-0.1, -0.05) is 99.8 Å². The molecule has 0 unspecified atom stereocenters. The van der Waals surface area contributed by atoms with Gasteiger partial charge in [-0.2, -0.15) is 0 Å². The zero-order valence-corrected chi connectivity index (χ0v) is 18.8. The number of halogens is 1. The Morgan fingerprint density at radius 3 is 2.54 bits per heavy atom. The van der Waals surface area contributed by atoms with Gasteiger partial charge in [-0.05, 0) is 23.3 Å². The van der Waals surface area contributed by atoms with E-state index in [-0.39, 0.29) is 11.7 Å². The first kappa shape index (κ1) is 20.9. The normalized spacial score (nSPS) is 10.5. The Morgan fingerprint density at radius 1 is 1.04 bits per heavy atom. The summed E-state index contributed by atoms with van der Waals surface area (Å²) >= 11 is 7.92. The zero-order chi connectivity index (χ0) is 19.8. The molecule has 28 heavy (non-hydrogen) atoms. The highest BCUT2D eigenvalue weighted by Gasteiger charge is 2.09. The first-order valence-corrected chi connectivity index (χ1v) is 11.8. The standard InChI is InChI=1S/C19H17BrN4OS3/c1-13(15-8-5-9-16(20)10-15)21-22-17(25)12-27-19-24-23-18(28-19)26-11-14-6-3-2-4-7-14/h2-10,21H,1,11-12H2,(H,22,25). The third kappa shape index (κ3) is 6.66. The van der Waals surface area contributed by atoms with Gasteiger partial charge in [-0.25, -0.2) is 0 Å². The van der Waals surface area contributed by atoms with Crippen LogP contribution in [0.5, 0.6) is 0 Å². The second-order valence-corrected chi connectivity index (χ2v) is 9.90. The first-order valence-electron chi connectivity index (χ1n) is 8.23. The van der Waals surface area contributed by atoms with Crippen LogP contribution in [0.4, 0.5) is 0 Å². The lowest BCUT2D eigenvalue weighted by Gasteiger charge is -2.11. The zero-order valence-electron chi connectivity index (χ0n) is 14.7. The molecule has 2 N–H and O–H groups in total. The van der Waals surface area contributed by atoms with Crippen LogP contribution in [-0.4, -0.2) is 21.9 Å². The molecular formula is C19H17BrN4OS3. The maximum absolute atomic E-state index is 12.0. The fraction of sp³-hybridized carbons (Fsp3) is 0.105. The third-order valence-electron chi connectivity index (χ3n) is 3.45. The van der Waals surface area contributed by atoms with Crippen molar-refractivity contribution < 1.29 is 4.79 Å². The summed E-state index contributed by atoms with van der Waals surface area (Å²) in [5.41, 5.74) is 8.25. The van der Waals surface area contributed by atoms with Crippen molar-refractivity contribution in [3.05, 3.63) is 76.8 Å². The molecule has 0 fully saturated rings. The van der Waals surface area contributed by atoms with E-state index in [1.807, 2.05) is 42.5 Å². The second-order valence-electron chi connectivity index (χ2n) is 5.56. The molecule has 0 saturated heterocycles. The number of hydrogen-bond donors (Lipinski definition) is 2. The van der Waals surface area contributed by atoms with Crippen LogP contribution in [0.1, 0.15) is 11.1 Å². The van der Waals surface area contributed by atoms with E-state index < -0.39 is 0 Å². The molecule has 1 heterocycles. The molecule has 2 aromatic carbocycles. The number of rotatable bonds is 9. The Hall–Kier alpha value is -1.81. The lowest BCUT2D eigenvalue weighted by Crippen LogP contribution is -2.37. The van der Waals surface area contributed by atoms with Crippen molar-refractivity contribution >= 4 is 62.4 Å². The summed E-state index contributed by atoms with van der Waals surface area (Å²) in [5.74, 6) is 0.939. The van der Waals surface area contributed by atoms with E-state index in [0.29, 0.717) is 5.70 Å². The molecule has 0 saturated carbocycles. The van der Waals surface area contributed by atoms with Gasteiger partial charge < -0.3 is 0 Å². The summed E-state index contributed by atoms with van der Waals surface area (Å²) in [6.45, 7) is 3.93. The smallest absolute Gasteiger partial charge is 0.248 e. The number of nitrogens with zero attached hydrogens (tertiary/aromatic N) is 2. The summed E-state index contributed by atoms with van der Waals surface area (Å²) in [5, 5.41) is 8.32. The molecule has 3 aromatic rings. The van der Waals surface area contributed by atoms with Gasteiger partial charge in [0.05, 0.1) is 11.4 Å². The van der Waals surface area contributed by atoms with Crippen LogP contribution < -0.4 is 10.9 Å². The Kier molecular flexibility index (Phi) is 7.96. The number of aromatic nitrogens is 2. The second kappa shape index (κ2) is 10.7. The predicted octanol–water partition coefficient (Wildman–Crippen LogP) is 4.98. The number of nitrogens with one attached hydrogen (secondary N) is 2. The Bertz CT molecular complexity index is 949. The van der Waals surface area contributed by atoms with Crippen LogP contribution in [0, 0.1) is 0 Å². The summed E-state index contributed by atoms with van der Waals surface area (Å²) in [4.78, 5) is 12.0. The van der Waals surface area contributed by atoms with Crippen LogP contribution in [0.25, 0.3) is 5.70 Å². The van der Waals surface area contributed by atoms with Gasteiger partial charge in [-0.15, -0.1) is 10.2 Å². The van der Waals surface area contributed by atoms with Crippen molar-refractivity contribution in [1.82, 2.24) is 21.0 Å². The molecule has 5 nitrogen and oxygen atoms in total.